The van der Waals surface area contributed by atoms with Crippen LogP contribution in [0.15, 0.2) is 71.6 Å². The molecule has 0 unspecified atom stereocenters. The highest BCUT2D eigenvalue weighted by Crippen LogP contribution is 2.22. The standard InChI is InChI=1S/C22H20N4O5S2/c1-14-7-12-19(15(2)13-14)25-33(30,31)17-10-8-16(9-11-17)23-22(32)24-21(27)18-5-3-4-6-20(18)26(28)29/h3-13,25H,1-2H3,(H2,23,24,27,32). The van der Waals surface area contributed by atoms with Crippen molar-refractivity contribution in [1.82, 2.24) is 5.32 Å². The van der Waals surface area contributed by atoms with E-state index in [9.17, 15) is 23.3 Å². The normalized spacial score (nSPS) is 10.8. The smallest absolute Gasteiger partial charge is 0.282 e. The maximum absolute atomic E-state index is 12.7. The third kappa shape index (κ3) is 5.90. The third-order valence-electron chi connectivity index (χ3n) is 4.62. The van der Waals surface area contributed by atoms with Gasteiger partial charge in [0.2, 0.25) is 0 Å². The molecule has 3 aromatic rings. The first kappa shape index (κ1) is 23.8. The predicted molar refractivity (Wildman–Crippen MR) is 130 cm³/mol. The predicted octanol–water partition coefficient (Wildman–Crippen LogP) is 4.14. The number of thiocarbonyl (C=S) groups is 1. The molecule has 9 nitrogen and oxygen atoms in total. The number of sulfonamides is 1. The highest BCUT2D eigenvalue weighted by atomic mass is 32.2. The molecule has 3 aromatic carbocycles. The van der Waals surface area contributed by atoms with E-state index in [-0.39, 0.29) is 21.3 Å². The summed E-state index contributed by atoms with van der Waals surface area (Å²) in [6.07, 6.45) is 0. The fraction of sp³-hybridized carbons (Fsp3) is 0.0909. The summed E-state index contributed by atoms with van der Waals surface area (Å²) in [6.45, 7) is 3.74. The number of rotatable bonds is 6. The fourth-order valence-corrected chi connectivity index (χ4v) is 4.35. The number of nitro groups is 1. The van der Waals surface area contributed by atoms with Crippen molar-refractivity contribution in [3.05, 3.63) is 93.5 Å². The molecule has 33 heavy (non-hydrogen) atoms. The minimum atomic E-state index is -3.81. The minimum absolute atomic E-state index is 0.0443. The Kier molecular flexibility index (Phi) is 7.04. The maximum atomic E-state index is 12.7. The monoisotopic (exact) mass is 484 g/mol. The second-order valence-corrected chi connectivity index (χ2v) is 9.22. The van der Waals surface area contributed by atoms with E-state index in [1.54, 1.807) is 6.07 Å². The van der Waals surface area contributed by atoms with E-state index in [2.05, 4.69) is 15.4 Å². The molecule has 3 N–H and O–H groups in total. The van der Waals surface area contributed by atoms with Gasteiger partial charge in [0.25, 0.3) is 21.6 Å². The van der Waals surface area contributed by atoms with Gasteiger partial charge < -0.3 is 5.32 Å². The second-order valence-electron chi connectivity index (χ2n) is 7.13. The van der Waals surface area contributed by atoms with E-state index in [1.807, 2.05) is 26.0 Å². The summed E-state index contributed by atoms with van der Waals surface area (Å²) in [6, 6.07) is 16.6. The molecule has 0 heterocycles. The first-order chi connectivity index (χ1) is 15.6. The summed E-state index contributed by atoms with van der Waals surface area (Å²) < 4.78 is 27.9. The molecular weight excluding hydrogens is 464 g/mol. The lowest BCUT2D eigenvalue weighted by Crippen LogP contribution is -2.34. The highest BCUT2D eigenvalue weighted by Gasteiger charge is 2.20. The summed E-state index contributed by atoms with van der Waals surface area (Å²) in [5.41, 5.74) is 2.26. The number of carbonyl (C=O) groups excluding carboxylic acids is 1. The molecule has 0 aliphatic carbocycles. The van der Waals surface area contributed by atoms with Gasteiger partial charge in [-0.15, -0.1) is 0 Å². The number of anilines is 2. The minimum Gasteiger partial charge on any atom is -0.332 e. The van der Waals surface area contributed by atoms with Crippen molar-refractivity contribution in [2.24, 2.45) is 0 Å². The fourth-order valence-electron chi connectivity index (χ4n) is 3.01. The van der Waals surface area contributed by atoms with E-state index in [1.165, 1.54) is 48.5 Å². The second kappa shape index (κ2) is 9.76. The van der Waals surface area contributed by atoms with Crippen molar-refractivity contribution >= 4 is 50.3 Å². The summed E-state index contributed by atoms with van der Waals surface area (Å²) in [7, 11) is -3.81. The zero-order valence-corrected chi connectivity index (χ0v) is 19.3. The van der Waals surface area contributed by atoms with Gasteiger partial charge in [0.1, 0.15) is 5.56 Å². The van der Waals surface area contributed by atoms with Crippen LogP contribution >= 0.6 is 12.2 Å². The summed E-state index contributed by atoms with van der Waals surface area (Å²) in [5, 5.41) is 16.1. The van der Waals surface area contributed by atoms with Crippen molar-refractivity contribution in [1.29, 1.82) is 0 Å². The average Bonchev–Trinajstić information content (AvgIpc) is 2.76. The average molecular weight is 485 g/mol. The quantitative estimate of drug-likeness (QED) is 0.272. The molecule has 0 aliphatic rings. The van der Waals surface area contributed by atoms with E-state index in [0.717, 1.165) is 11.1 Å². The summed E-state index contributed by atoms with van der Waals surface area (Å²) >= 11 is 5.10. The van der Waals surface area contributed by atoms with Crippen LogP contribution in [0.5, 0.6) is 0 Å². The van der Waals surface area contributed by atoms with Gasteiger partial charge in [-0.05, 0) is 68.0 Å². The Hall–Kier alpha value is -3.83. The molecular formula is C22H20N4O5S2. The molecule has 0 atom stereocenters. The van der Waals surface area contributed by atoms with Crippen LogP contribution in [0, 0.1) is 24.0 Å². The summed E-state index contributed by atoms with van der Waals surface area (Å²) in [5.74, 6) is -0.739. The maximum Gasteiger partial charge on any atom is 0.282 e. The third-order valence-corrected chi connectivity index (χ3v) is 6.21. The number of nitrogens with zero attached hydrogens (tertiary/aromatic N) is 1. The number of nitro benzene ring substituents is 1. The zero-order chi connectivity index (χ0) is 24.2. The molecule has 0 aromatic heterocycles. The first-order valence-electron chi connectivity index (χ1n) is 9.63. The Labute approximate surface area is 196 Å². The van der Waals surface area contributed by atoms with Crippen molar-refractivity contribution in [3.8, 4) is 0 Å². The molecule has 1 amide bonds. The van der Waals surface area contributed by atoms with Gasteiger partial charge in [-0.2, -0.15) is 0 Å². The number of benzene rings is 3. The van der Waals surface area contributed by atoms with Gasteiger partial charge >= 0.3 is 0 Å². The van der Waals surface area contributed by atoms with Gasteiger partial charge in [-0.3, -0.25) is 24.9 Å². The van der Waals surface area contributed by atoms with E-state index >= 15 is 0 Å². The van der Waals surface area contributed by atoms with Crippen molar-refractivity contribution in [2.45, 2.75) is 18.7 Å². The van der Waals surface area contributed by atoms with Crippen molar-refractivity contribution < 1.29 is 18.1 Å². The van der Waals surface area contributed by atoms with E-state index in [4.69, 9.17) is 12.2 Å². The van der Waals surface area contributed by atoms with E-state index < -0.39 is 20.9 Å². The number of aryl methyl sites for hydroxylation is 2. The Bertz CT molecular complexity index is 1340. The van der Waals surface area contributed by atoms with Crippen LogP contribution < -0.4 is 15.4 Å². The van der Waals surface area contributed by atoms with Gasteiger partial charge in [-0.25, -0.2) is 8.42 Å². The van der Waals surface area contributed by atoms with Gasteiger partial charge in [0.05, 0.1) is 15.5 Å². The lowest BCUT2D eigenvalue weighted by atomic mass is 10.1. The van der Waals surface area contributed by atoms with Gasteiger partial charge in [0.15, 0.2) is 5.11 Å². The van der Waals surface area contributed by atoms with Crippen molar-refractivity contribution in [2.75, 3.05) is 10.0 Å². The number of para-hydroxylation sites is 1. The summed E-state index contributed by atoms with van der Waals surface area (Å²) in [4.78, 5) is 22.8. The van der Waals surface area contributed by atoms with Gasteiger partial charge in [0, 0.05) is 11.8 Å². The number of hydrogen-bond donors (Lipinski definition) is 3. The molecule has 0 spiro atoms. The first-order valence-corrected chi connectivity index (χ1v) is 11.5. The molecule has 3 rings (SSSR count). The SMILES string of the molecule is Cc1ccc(NS(=O)(=O)c2ccc(NC(=S)NC(=O)c3ccccc3[N+](=O)[O-])cc2)c(C)c1. The zero-order valence-electron chi connectivity index (χ0n) is 17.7. The number of hydrogen-bond acceptors (Lipinski definition) is 6. The molecule has 11 heteroatoms. The van der Waals surface area contributed by atoms with Crippen LogP contribution in [-0.2, 0) is 10.0 Å². The molecule has 0 saturated carbocycles. The van der Waals surface area contributed by atoms with Crippen LogP contribution in [0.3, 0.4) is 0 Å². The molecule has 0 bridgehead atoms. The Morgan fingerprint density at radius 3 is 2.30 bits per heavy atom. The Morgan fingerprint density at radius 2 is 1.67 bits per heavy atom. The van der Waals surface area contributed by atoms with Crippen LogP contribution in [0.1, 0.15) is 21.5 Å². The van der Waals surface area contributed by atoms with E-state index in [0.29, 0.717) is 11.4 Å². The van der Waals surface area contributed by atoms with Gasteiger partial charge in [-0.1, -0.05) is 29.8 Å². The largest absolute Gasteiger partial charge is 0.332 e. The molecule has 0 fully saturated rings. The highest BCUT2D eigenvalue weighted by molar-refractivity contribution is 7.92. The lowest BCUT2D eigenvalue weighted by Gasteiger charge is -2.13. The van der Waals surface area contributed by atoms with Crippen LogP contribution in [0.4, 0.5) is 17.1 Å². The molecule has 0 saturated heterocycles. The topological polar surface area (TPSA) is 130 Å². The Morgan fingerprint density at radius 1 is 1.00 bits per heavy atom. The molecule has 0 radical (unpaired) electrons. The molecule has 170 valence electrons. The number of carbonyl (C=O) groups is 1. The molecule has 0 aliphatic heterocycles. The van der Waals surface area contributed by atoms with Crippen molar-refractivity contribution in [3.63, 3.8) is 0 Å². The Balaban J connectivity index is 1.67. The number of amides is 1. The van der Waals surface area contributed by atoms with Crippen LogP contribution in [-0.4, -0.2) is 24.4 Å². The number of nitrogens with one attached hydrogen (secondary N) is 3. The van der Waals surface area contributed by atoms with Crippen LogP contribution in [0.2, 0.25) is 0 Å². The lowest BCUT2D eigenvalue weighted by molar-refractivity contribution is -0.385. The van der Waals surface area contributed by atoms with Crippen LogP contribution in [0.25, 0.3) is 0 Å².